The number of hydrogen-bond donors (Lipinski definition) is 1. The summed E-state index contributed by atoms with van der Waals surface area (Å²) in [6.07, 6.45) is 1.11. The van der Waals surface area contributed by atoms with Crippen molar-refractivity contribution in [2.75, 3.05) is 6.54 Å². The maximum atomic E-state index is 10.6. The van der Waals surface area contributed by atoms with Gasteiger partial charge in [-0.05, 0) is 6.42 Å². The van der Waals surface area contributed by atoms with Crippen LogP contribution >= 0.6 is 0 Å². The number of piperidine rings is 1. The van der Waals surface area contributed by atoms with Gasteiger partial charge in [0.2, 0.25) is 0 Å². The van der Waals surface area contributed by atoms with Crippen molar-refractivity contribution in [1.29, 1.82) is 0 Å². The molecule has 2 rings (SSSR count). The highest BCUT2D eigenvalue weighted by atomic mass is 16.1. The fourth-order valence-electron chi connectivity index (χ4n) is 1.14. The summed E-state index contributed by atoms with van der Waals surface area (Å²) in [7, 11) is 0. The van der Waals surface area contributed by atoms with E-state index in [1.165, 1.54) is 0 Å². The molecule has 2 aliphatic rings. The first kappa shape index (κ1) is 3.61. The van der Waals surface area contributed by atoms with Crippen molar-refractivity contribution in [2.45, 2.75) is 12.5 Å². The molecule has 1 aliphatic heterocycles. The molecular formula is C5H7NO. The highest BCUT2D eigenvalue weighted by molar-refractivity contribution is 5.89. The fraction of sp³-hybridized carbons (Fsp3) is 0.800. The molecule has 1 N–H and O–H groups in total. The van der Waals surface area contributed by atoms with Gasteiger partial charge in [-0.25, -0.2) is 0 Å². The van der Waals surface area contributed by atoms with Gasteiger partial charge >= 0.3 is 0 Å². The zero-order chi connectivity index (χ0) is 4.85. The van der Waals surface area contributed by atoms with Crippen LogP contribution in [0.25, 0.3) is 0 Å². The van der Waals surface area contributed by atoms with Crippen LogP contribution < -0.4 is 5.32 Å². The van der Waals surface area contributed by atoms with Gasteiger partial charge in [0.05, 0.1) is 6.54 Å². The topological polar surface area (TPSA) is 29.1 Å². The number of Topliss-reactive ketones (excluding diaryl/α,β-unsaturated/α-hetero) is 1. The normalized spacial score (nSPS) is 46.6. The van der Waals surface area contributed by atoms with Crippen LogP contribution in [0.3, 0.4) is 0 Å². The van der Waals surface area contributed by atoms with Gasteiger partial charge in [0.25, 0.3) is 0 Å². The Morgan fingerprint density at radius 1 is 1.71 bits per heavy atom. The Balaban J connectivity index is 2.21. The Morgan fingerprint density at radius 3 is 2.71 bits per heavy atom. The van der Waals surface area contributed by atoms with Crippen molar-refractivity contribution in [2.24, 2.45) is 5.92 Å². The third kappa shape index (κ3) is 0.347. The molecule has 2 nitrogen and oxygen atoms in total. The molecule has 2 fully saturated rings. The minimum absolute atomic E-state index is 0.421. The van der Waals surface area contributed by atoms with Crippen LogP contribution in [-0.4, -0.2) is 18.4 Å². The second-order valence-corrected chi connectivity index (χ2v) is 2.30. The standard InChI is InChI=1S/C5H7NO/c7-5-2-6-4-1-3(4)5/h3-4,6H,1-2H2/t3-,4+/m0/s1. The van der Waals surface area contributed by atoms with Crippen molar-refractivity contribution in [3.63, 3.8) is 0 Å². The maximum Gasteiger partial charge on any atom is 0.151 e. The van der Waals surface area contributed by atoms with Gasteiger partial charge in [0, 0.05) is 12.0 Å². The summed E-state index contributed by atoms with van der Waals surface area (Å²) in [5.41, 5.74) is 0. The molecule has 7 heavy (non-hydrogen) atoms. The molecule has 2 atom stereocenters. The monoisotopic (exact) mass is 97.1 g/mol. The lowest BCUT2D eigenvalue weighted by atomic mass is 10.3. The summed E-state index contributed by atoms with van der Waals surface area (Å²) in [5, 5.41) is 3.09. The van der Waals surface area contributed by atoms with E-state index in [-0.39, 0.29) is 0 Å². The highest BCUT2D eigenvalue weighted by Gasteiger charge is 2.47. The molecule has 1 saturated carbocycles. The van der Waals surface area contributed by atoms with Gasteiger partial charge in [-0.15, -0.1) is 0 Å². The zero-order valence-corrected chi connectivity index (χ0v) is 3.98. The van der Waals surface area contributed by atoms with Gasteiger partial charge < -0.3 is 5.32 Å². The lowest BCUT2D eigenvalue weighted by Crippen LogP contribution is -2.14. The second kappa shape index (κ2) is 0.892. The molecule has 2 heteroatoms. The van der Waals surface area contributed by atoms with Crippen LogP contribution in [0.1, 0.15) is 6.42 Å². The lowest BCUT2D eigenvalue weighted by molar-refractivity contribution is -0.118. The highest BCUT2D eigenvalue weighted by Crippen LogP contribution is 2.34. The van der Waals surface area contributed by atoms with Gasteiger partial charge in [0.15, 0.2) is 5.78 Å². The Kier molecular flexibility index (Phi) is 0.460. The van der Waals surface area contributed by atoms with E-state index in [4.69, 9.17) is 0 Å². The minimum atomic E-state index is 0.421. The Bertz CT molecular complexity index is 121. The third-order valence-corrected chi connectivity index (χ3v) is 1.74. The van der Waals surface area contributed by atoms with Crippen LogP contribution in [0.4, 0.5) is 0 Å². The molecular weight excluding hydrogens is 90.1 g/mol. The maximum absolute atomic E-state index is 10.6. The van der Waals surface area contributed by atoms with Crippen molar-refractivity contribution in [1.82, 2.24) is 5.32 Å². The average molecular weight is 97.1 g/mol. The Morgan fingerprint density at radius 2 is 2.57 bits per heavy atom. The number of fused-ring (bicyclic) bond motifs is 1. The van der Waals surface area contributed by atoms with Crippen molar-refractivity contribution >= 4 is 5.78 Å². The quantitative estimate of drug-likeness (QED) is 0.443. The van der Waals surface area contributed by atoms with E-state index in [9.17, 15) is 4.79 Å². The fourth-order valence-corrected chi connectivity index (χ4v) is 1.14. The molecule has 1 heterocycles. The van der Waals surface area contributed by atoms with E-state index in [2.05, 4.69) is 5.32 Å². The summed E-state index contributed by atoms with van der Waals surface area (Å²) in [6.45, 7) is 0.634. The predicted molar refractivity (Wildman–Crippen MR) is 24.9 cm³/mol. The van der Waals surface area contributed by atoms with Crippen molar-refractivity contribution < 1.29 is 4.79 Å². The second-order valence-electron chi connectivity index (χ2n) is 2.30. The summed E-state index contributed by atoms with van der Waals surface area (Å²) in [4.78, 5) is 10.6. The van der Waals surface area contributed by atoms with Gasteiger partial charge in [-0.3, -0.25) is 4.79 Å². The molecule has 0 amide bonds. The molecule has 0 spiro atoms. The molecule has 0 bridgehead atoms. The molecule has 0 radical (unpaired) electrons. The number of carbonyl (C=O) groups excluding carboxylic acids is 1. The van der Waals surface area contributed by atoms with Crippen molar-refractivity contribution in [3.05, 3.63) is 0 Å². The van der Waals surface area contributed by atoms with E-state index in [1.807, 2.05) is 0 Å². The number of nitrogens with one attached hydrogen (secondary N) is 1. The van der Waals surface area contributed by atoms with E-state index in [0.29, 0.717) is 24.3 Å². The van der Waals surface area contributed by atoms with Crippen LogP contribution in [0.2, 0.25) is 0 Å². The predicted octanol–water partition coefficient (Wildman–Crippen LogP) is -0.453. The van der Waals surface area contributed by atoms with Gasteiger partial charge in [-0.2, -0.15) is 0 Å². The largest absolute Gasteiger partial charge is 0.306 e. The molecule has 0 aromatic rings. The molecule has 0 aromatic heterocycles. The SMILES string of the molecule is O=C1CN[C@@H]2C[C@H]12. The molecule has 0 aromatic carbocycles. The first-order chi connectivity index (χ1) is 3.38. The summed E-state index contributed by atoms with van der Waals surface area (Å²) < 4.78 is 0. The Hall–Kier alpha value is -0.370. The third-order valence-electron chi connectivity index (χ3n) is 1.74. The lowest BCUT2D eigenvalue weighted by Gasteiger charge is -1.85. The summed E-state index contributed by atoms with van der Waals surface area (Å²) in [5.74, 6) is 0.852. The van der Waals surface area contributed by atoms with Crippen LogP contribution in [0.5, 0.6) is 0 Å². The van der Waals surface area contributed by atoms with Crippen LogP contribution in [-0.2, 0) is 4.79 Å². The number of carbonyl (C=O) groups is 1. The first-order valence-corrected chi connectivity index (χ1v) is 2.64. The average Bonchev–Trinajstić information content (AvgIpc) is 2.33. The minimum Gasteiger partial charge on any atom is -0.306 e. The molecule has 1 aliphatic carbocycles. The van der Waals surface area contributed by atoms with Crippen LogP contribution in [0.15, 0.2) is 0 Å². The van der Waals surface area contributed by atoms with E-state index in [0.717, 1.165) is 6.42 Å². The molecule has 0 unspecified atom stereocenters. The molecule has 1 saturated heterocycles. The van der Waals surface area contributed by atoms with E-state index in [1.54, 1.807) is 0 Å². The first-order valence-electron chi connectivity index (χ1n) is 2.64. The smallest absolute Gasteiger partial charge is 0.151 e. The number of ketones is 1. The number of rotatable bonds is 0. The van der Waals surface area contributed by atoms with E-state index < -0.39 is 0 Å². The van der Waals surface area contributed by atoms with Gasteiger partial charge in [0.1, 0.15) is 0 Å². The zero-order valence-electron chi connectivity index (χ0n) is 3.98. The summed E-state index contributed by atoms with van der Waals surface area (Å²) in [6, 6.07) is 0.590. The van der Waals surface area contributed by atoms with Crippen LogP contribution in [0, 0.1) is 5.92 Å². The van der Waals surface area contributed by atoms with Gasteiger partial charge in [-0.1, -0.05) is 0 Å². The molecule has 38 valence electrons. The summed E-state index contributed by atoms with van der Waals surface area (Å²) >= 11 is 0. The van der Waals surface area contributed by atoms with E-state index >= 15 is 0 Å². The van der Waals surface area contributed by atoms with Crippen molar-refractivity contribution in [3.8, 4) is 0 Å². The number of hydrogen-bond acceptors (Lipinski definition) is 2. The Labute approximate surface area is 41.9 Å².